The molecule has 0 saturated heterocycles. The van der Waals surface area contributed by atoms with Crippen LogP contribution >= 0.6 is 12.4 Å². The molecular weight excluding hydrogens is 186 g/mol. The van der Waals surface area contributed by atoms with Gasteiger partial charge in [0.15, 0.2) is 0 Å². The molecule has 1 aromatic carbocycles. The molecule has 0 heterocycles. The summed E-state index contributed by atoms with van der Waals surface area (Å²) in [4.78, 5) is 0. The van der Waals surface area contributed by atoms with E-state index in [1.54, 1.807) is 7.11 Å². The van der Waals surface area contributed by atoms with Gasteiger partial charge in [0, 0.05) is 6.04 Å². The summed E-state index contributed by atoms with van der Waals surface area (Å²) in [6.45, 7) is 0. The number of rotatable bonds is 1. The molecule has 2 nitrogen and oxygen atoms in total. The number of fused-ring (bicyclic) bond motifs is 1. The predicted octanol–water partition coefficient (Wildman–Crippen LogP) is 2.06. The fourth-order valence-corrected chi connectivity index (χ4v) is 1.75. The van der Waals surface area contributed by atoms with E-state index in [1.165, 1.54) is 11.1 Å². The Labute approximate surface area is 84.5 Å². The van der Waals surface area contributed by atoms with Crippen molar-refractivity contribution in [3.8, 4) is 5.75 Å². The molecule has 2 N–H and O–H groups in total. The third-order valence-corrected chi connectivity index (χ3v) is 2.47. The van der Waals surface area contributed by atoms with Crippen LogP contribution in [0.25, 0.3) is 0 Å². The second kappa shape index (κ2) is 3.99. The van der Waals surface area contributed by atoms with Crippen molar-refractivity contribution in [2.24, 2.45) is 5.73 Å². The summed E-state index contributed by atoms with van der Waals surface area (Å²) in [6.07, 6.45) is 2.16. The number of benzene rings is 1. The topological polar surface area (TPSA) is 35.2 Å². The molecule has 1 aromatic rings. The van der Waals surface area contributed by atoms with Crippen LogP contribution < -0.4 is 10.5 Å². The molecule has 0 bridgehead atoms. The second-order valence-corrected chi connectivity index (χ2v) is 3.21. The van der Waals surface area contributed by atoms with Gasteiger partial charge >= 0.3 is 0 Å². The number of hydrogen-bond donors (Lipinski definition) is 1. The normalized spacial score (nSPS) is 19.1. The lowest BCUT2D eigenvalue weighted by molar-refractivity contribution is 0.414. The number of hydrogen-bond acceptors (Lipinski definition) is 2. The first kappa shape index (κ1) is 10.4. The minimum absolute atomic E-state index is 0. The molecule has 0 aromatic heterocycles. The summed E-state index contributed by atoms with van der Waals surface area (Å²) < 4.78 is 5.13. The number of aryl methyl sites for hydroxylation is 1. The van der Waals surface area contributed by atoms with E-state index >= 15 is 0 Å². The highest BCUT2D eigenvalue weighted by Crippen LogP contribution is 2.31. The molecule has 0 aliphatic heterocycles. The van der Waals surface area contributed by atoms with Crippen LogP contribution in [-0.4, -0.2) is 7.11 Å². The minimum Gasteiger partial charge on any atom is -0.497 e. The summed E-state index contributed by atoms with van der Waals surface area (Å²) >= 11 is 0. The number of halogens is 1. The fraction of sp³-hybridized carbons (Fsp3) is 0.400. The zero-order valence-electron chi connectivity index (χ0n) is 7.62. The van der Waals surface area contributed by atoms with Crippen molar-refractivity contribution in [1.82, 2.24) is 0 Å². The lowest BCUT2D eigenvalue weighted by Crippen LogP contribution is -2.04. The van der Waals surface area contributed by atoms with Gasteiger partial charge in [-0.25, -0.2) is 0 Å². The van der Waals surface area contributed by atoms with Gasteiger partial charge in [-0.15, -0.1) is 12.4 Å². The van der Waals surface area contributed by atoms with Crippen LogP contribution in [0.2, 0.25) is 0 Å². The van der Waals surface area contributed by atoms with E-state index in [0.717, 1.165) is 18.6 Å². The maximum atomic E-state index is 5.90. The monoisotopic (exact) mass is 199 g/mol. The van der Waals surface area contributed by atoms with E-state index in [2.05, 4.69) is 12.1 Å². The van der Waals surface area contributed by atoms with E-state index in [4.69, 9.17) is 10.5 Å². The highest BCUT2D eigenvalue weighted by molar-refractivity contribution is 5.85. The van der Waals surface area contributed by atoms with Crippen molar-refractivity contribution >= 4 is 12.4 Å². The van der Waals surface area contributed by atoms with Crippen molar-refractivity contribution in [1.29, 1.82) is 0 Å². The molecule has 0 fully saturated rings. The van der Waals surface area contributed by atoms with Gasteiger partial charge in [-0.3, -0.25) is 0 Å². The molecule has 1 aliphatic rings. The van der Waals surface area contributed by atoms with Gasteiger partial charge in [0.05, 0.1) is 7.11 Å². The van der Waals surface area contributed by atoms with Crippen molar-refractivity contribution in [3.63, 3.8) is 0 Å². The van der Waals surface area contributed by atoms with E-state index in [-0.39, 0.29) is 18.4 Å². The highest BCUT2D eigenvalue weighted by Gasteiger charge is 2.18. The Morgan fingerprint density at radius 2 is 2.23 bits per heavy atom. The predicted molar refractivity (Wildman–Crippen MR) is 55.5 cm³/mol. The molecule has 1 unspecified atom stereocenters. The van der Waals surface area contributed by atoms with Crippen LogP contribution in [0.4, 0.5) is 0 Å². The van der Waals surface area contributed by atoms with Gasteiger partial charge in [0.25, 0.3) is 0 Å². The fourth-order valence-electron chi connectivity index (χ4n) is 1.75. The lowest BCUT2D eigenvalue weighted by atomic mass is 10.1. The van der Waals surface area contributed by atoms with Crippen LogP contribution in [0.3, 0.4) is 0 Å². The Morgan fingerprint density at radius 1 is 1.46 bits per heavy atom. The van der Waals surface area contributed by atoms with Gasteiger partial charge in [-0.1, -0.05) is 6.07 Å². The van der Waals surface area contributed by atoms with E-state index in [1.807, 2.05) is 6.07 Å². The molecule has 1 aliphatic carbocycles. The van der Waals surface area contributed by atoms with Gasteiger partial charge in [-0.2, -0.15) is 0 Å². The molecule has 3 heteroatoms. The summed E-state index contributed by atoms with van der Waals surface area (Å²) in [5.41, 5.74) is 8.53. The average Bonchev–Trinajstić information content (AvgIpc) is 2.47. The van der Waals surface area contributed by atoms with Gasteiger partial charge < -0.3 is 10.5 Å². The summed E-state index contributed by atoms with van der Waals surface area (Å²) in [6, 6.07) is 6.38. The van der Waals surface area contributed by atoms with E-state index in [9.17, 15) is 0 Å². The smallest absolute Gasteiger partial charge is 0.119 e. The van der Waals surface area contributed by atoms with Crippen molar-refractivity contribution < 1.29 is 4.74 Å². The summed E-state index contributed by atoms with van der Waals surface area (Å²) in [7, 11) is 1.69. The highest BCUT2D eigenvalue weighted by atomic mass is 35.5. The standard InChI is InChI=1S/C10H13NO.ClH/c1-12-8-3-4-9-7(6-8)2-5-10(9)11;/h3-4,6,10H,2,5,11H2,1H3;1H. The Morgan fingerprint density at radius 3 is 2.92 bits per heavy atom. The molecule has 72 valence electrons. The van der Waals surface area contributed by atoms with Crippen molar-refractivity contribution in [2.75, 3.05) is 7.11 Å². The minimum atomic E-state index is 0. The molecule has 0 saturated carbocycles. The van der Waals surface area contributed by atoms with Crippen LogP contribution in [0.5, 0.6) is 5.75 Å². The Bertz CT molecular complexity index is 301. The molecule has 0 spiro atoms. The number of methoxy groups -OCH3 is 1. The zero-order chi connectivity index (χ0) is 8.55. The number of ether oxygens (including phenoxy) is 1. The zero-order valence-corrected chi connectivity index (χ0v) is 8.43. The molecular formula is C10H14ClNO. The first-order chi connectivity index (χ1) is 5.81. The average molecular weight is 200 g/mol. The second-order valence-electron chi connectivity index (χ2n) is 3.21. The van der Waals surface area contributed by atoms with E-state index in [0.29, 0.717) is 0 Å². The van der Waals surface area contributed by atoms with E-state index < -0.39 is 0 Å². The Hall–Kier alpha value is -0.730. The van der Waals surface area contributed by atoms with Crippen LogP contribution in [0.15, 0.2) is 18.2 Å². The SMILES string of the molecule is COc1ccc2c(c1)CCC2N.Cl. The number of nitrogens with two attached hydrogens (primary N) is 1. The Balaban J connectivity index is 0.000000845. The van der Waals surface area contributed by atoms with Gasteiger partial charge in [-0.05, 0) is 36.1 Å². The lowest BCUT2D eigenvalue weighted by Gasteiger charge is -2.05. The molecule has 0 radical (unpaired) electrons. The van der Waals surface area contributed by atoms with Crippen LogP contribution in [0.1, 0.15) is 23.6 Å². The van der Waals surface area contributed by atoms with Crippen molar-refractivity contribution in [3.05, 3.63) is 29.3 Å². The quantitative estimate of drug-likeness (QED) is 0.752. The summed E-state index contributed by atoms with van der Waals surface area (Å²) in [5, 5.41) is 0. The molecule has 13 heavy (non-hydrogen) atoms. The summed E-state index contributed by atoms with van der Waals surface area (Å²) in [5.74, 6) is 0.933. The Kier molecular flexibility index (Phi) is 3.17. The maximum absolute atomic E-state index is 5.90. The molecule has 2 rings (SSSR count). The third-order valence-electron chi connectivity index (χ3n) is 2.47. The molecule has 0 amide bonds. The van der Waals surface area contributed by atoms with Gasteiger partial charge in [0.2, 0.25) is 0 Å². The molecule has 1 atom stereocenters. The van der Waals surface area contributed by atoms with Gasteiger partial charge in [0.1, 0.15) is 5.75 Å². The first-order valence-corrected chi connectivity index (χ1v) is 4.23. The third kappa shape index (κ3) is 1.79. The maximum Gasteiger partial charge on any atom is 0.119 e. The van der Waals surface area contributed by atoms with Crippen LogP contribution in [-0.2, 0) is 6.42 Å². The first-order valence-electron chi connectivity index (χ1n) is 4.23. The van der Waals surface area contributed by atoms with Crippen LogP contribution in [0, 0.1) is 0 Å². The van der Waals surface area contributed by atoms with Crippen molar-refractivity contribution in [2.45, 2.75) is 18.9 Å². The largest absolute Gasteiger partial charge is 0.497 e.